The molecule has 0 aliphatic carbocycles. The number of nitrogen functional groups attached to an aromatic ring is 1. The summed E-state index contributed by atoms with van der Waals surface area (Å²) in [6.45, 7) is 2.08. The molecule has 0 atom stereocenters. The highest BCUT2D eigenvalue weighted by Crippen LogP contribution is 2.38. The summed E-state index contributed by atoms with van der Waals surface area (Å²) in [5.41, 5.74) is 10.0. The summed E-state index contributed by atoms with van der Waals surface area (Å²) in [7, 11) is 1.86. The minimum atomic E-state index is 0.640. The lowest BCUT2D eigenvalue weighted by Gasteiger charge is -2.02. The largest absolute Gasteiger partial charge is 0.383 e. The van der Waals surface area contributed by atoms with Crippen molar-refractivity contribution in [2.24, 2.45) is 7.05 Å². The van der Waals surface area contributed by atoms with Crippen molar-refractivity contribution in [1.82, 2.24) is 14.8 Å². The molecule has 3 heterocycles. The second kappa shape index (κ2) is 4.51. The smallest absolute Gasteiger partial charge is 0.131 e. The molecule has 5 heteroatoms. The maximum Gasteiger partial charge on any atom is 0.131 e. The summed E-state index contributed by atoms with van der Waals surface area (Å²) in [6.07, 6.45) is 1.77. The molecule has 3 aromatic heterocycles. The van der Waals surface area contributed by atoms with Crippen LogP contribution in [0.25, 0.3) is 21.8 Å². The monoisotopic (exact) mass is 270 g/mol. The predicted octanol–water partition coefficient (Wildman–Crippen LogP) is 3.10. The molecule has 3 aromatic rings. The average Bonchev–Trinajstić information content (AvgIpc) is 2.96. The van der Waals surface area contributed by atoms with Crippen molar-refractivity contribution in [3.8, 4) is 21.8 Å². The van der Waals surface area contributed by atoms with Crippen LogP contribution in [0.5, 0.6) is 0 Å². The van der Waals surface area contributed by atoms with E-state index in [9.17, 15) is 0 Å². The topological polar surface area (TPSA) is 56.7 Å². The maximum absolute atomic E-state index is 6.16. The molecular formula is C14H14N4S. The van der Waals surface area contributed by atoms with E-state index in [-0.39, 0.29) is 0 Å². The van der Waals surface area contributed by atoms with E-state index in [2.05, 4.69) is 28.5 Å². The minimum absolute atomic E-state index is 0.640. The van der Waals surface area contributed by atoms with E-state index >= 15 is 0 Å². The number of nitrogens with zero attached hydrogens (tertiary/aromatic N) is 3. The van der Waals surface area contributed by atoms with E-state index in [1.165, 1.54) is 5.56 Å². The predicted molar refractivity (Wildman–Crippen MR) is 78.9 cm³/mol. The van der Waals surface area contributed by atoms with Crippen molar-refractivity contribution in [3.05, 3.63) is 41.4 Å². The highest BCUT2D eigenvalue weighted by atomic mass is 32.1. The van der Waals surface area contributed by atoms with Gasteiger partial charge in [0.1, 0.15) is 11.5 Å². The first-order chi connectivity index (χ1) is 9.18. The second-order valence-electron chi connectivity index (χ2n) is 4.38. The Morgan fingerprint density at radius 2 is 2.11 bits per heavy atom. The van der Waals surface area contributed by atoms with Crippen molar-refractivity contribution < 1.29 is 0 Å². The third-order valence-corrected chi connectivity index (χ3v) is 4.11. The number of aryl methyl sites for hydroxylation is 2. The number of hydrogen-bond donors (Lipinski definition) is 1. The lowest BCUT2D eigenvalue weighted by Crippen LogP contribution is -1.98. The summed E-state index contributed by atoms with van der Waals surface area (Å²) >= 11 is 1.67. The van der Waals surface area contributed by atoms with Gasteiger partial charge in [0.05, 0.1) is 16.1 Å². The molecule has 19 heavy (non-hydrogen) atoms. The number of thiophene rings is 1. The Hall–Kier alpha value is -2.14. The average molecular weight is 270 g/mol. The fourth-order valence-corrected chi connectivity index (χ4v) is 2.99. The van der Waals surface area contributed by atoms with Crippen molar-refractivity contribution in [2.75, 3.05) is 5.73 Å². The molecule has 0 aliphatic heterocycles. The molecule has 0 aromatic carbocycles. The molecule has 0 spiro atoms. The summed E-state index contributed by atoms with van der Waals surface area (Å²) in [6, 6.07) is 7.90. The van der Waals surface area contributed by atoms with Gasteiger partial charge in [-0.15, -0.1) is 11.3 Å². The first-order valence-corrected chi connectivity index (χ1v) is 6.85. The molecule has 0 aliphatic rings. The van der Waals surface area contributed by atoms with Gasteiger partial charge in [-0.05, 0) is 36.1 Å². The summed E-state index contributed by atoms with van der Waals surface area (Å²) in [4.78, 5) is 5.54. The van der Waals surface area contributed by atoms with Crippen molar-refractivity contribution in [3.63, 3.8) is 0 Å². The quantitative estimate of drug-likeness (QED) is 0.778. The lowest BCUT2D eigenvalue weighted by molar-refractivity contribution is 0.783. The lowest BCUT2D eigenvalue weighted by atomic mass is 10.1. The number of rotatable bonds is 2. The molecule has 0 bridgehead atoms. The van der Waals surface area contributed by atoms with Crippen molar-refractivity contribution in [1.29, 1.82) is 0 Å². The molecule has 0 fully saturated rings. The number of pyridine rings is 1. The Morgan fingerprint density at radius 1 is 1.26 bits per heavy atom. The Morgan fingerprint density at radius 3 is 2.74 bits per heavy atom. The van der Waals surface area contributed by atoms with Gasteiger partial charge < -0.3 is 5.73 Å². The van der Waals surface area contributed by atoms with E-state index in [1.807, 2.05) is 25.2 Å². The first kappa shape index (κ1) is 11.9. The molecule has 0 unspecified atom stereocenters. The van der Waals surface area contributed by atoms with Gasteiger partial charge in [-0.25, -0.2) is 0 Å². The summed E-state index contributed by atoms with van der Waals surface area (Å²) in [5.74, 6) is 0.640. The van der Waals surface area contributed by atoms with E-state index in [0.717, 1.165) is 21.8 Å². The normalized spacial score (nSPS) is 10.8. The number of aromatic nitrogens is 3. The van der Waals surface area contributed by atoms with Gasteiger partial charge in [-0.3, -0.25) is 9.67 Å². The van der Waals surface area contributed by atoms with Crippen LogP contribution < -0.4 is 5.73 Å². The number of nitrogens with two attached hydrogens (primary N) is 1. The molecule has 3 rings (SSSR count). The van der Waals surface area contributed by atoms with Crippen molar-refractivity contribution >= 4 is 17.2 Å². The van der Waals surface area contributed by atoms with Gasteiger partial charge in [0.15, 0.2) is 0 Å². The fraction of sp³-hybridized carbons (Fsp3) is 0.143. The van der Waals surface area contributed by atoms with E-state index in [1.54, 1.807) is 22.2 Å². The van der Waals surface area contributed by atoms with Crippen LogP contribution in [0.2, 0.25) is 0 Å². The molecule has 0 saturated carbocycles. The van der Waals surface area contributed by atoms with Gasteiger partial charge in [0, 0.05) is 13.2 Å². The molecule has 2 N–H and O–H groups in total. The highest BCUT2D eigenvalue weighted by Gasteiger charge is 2.20. The van der Waals surface area contributed by atoms with Crippen LogP contribution in [-0.4, -0.2) is 14.8 Å². The van der Waals surface area contributed by atoms with Crippen LogP contribution in [0, 0.1) is 6.92 Å². The third kappa shape index (κ3) is 1.92. The molecule has 96 valence electrons. The molecule has 4 nitrogen and oxygen atoms in total. The molecule has 0 radical (unpaired) electrons. The summed E-state index contributed by atoms with van der Waals surface area (Å²) in [5, 5.41) is 6.62. The Bertz CT molecular complexity index is 712. The maximum atomic E-state index is 6.16. The van der Waals surface area contributed by atoms with Gasteiger partial charge in [-0.1, -0.05) is 6.07 Å². The van der Waals surface area contributed by atoms with Gasteiger partial charge in [0.25, 0.3) is 0 Å². The van der Waals surface area contributed by atoms with Crippen LogP contribution >= 0.6 is 11.3 Å². The Balaban J connectivity index is 2.28. The fourth-order valence-electron chi connectivity index (χ4n) is 2.07. The third-order valence-electron chi connectivity index (χ3n) is 3.09. The highest BCUT2D eigenvalue weighted by molar-refractivity contribution is 7.13. The van der Waals surface area contributed by atoms with E-state index in [0.29, 0.717) is 5.82 Å². The van der Waals surface area contributed by atoms with Crippen LogP contribution in [0.15, 0.2) is 35.8 Å². The van der Waals surface area contributed by atoms with Gasteiger partial charge in [0.2, 0.25) is 0 Å². The van der Waals surface area contributed by atoms with Crippen LogP contribution in [0.4, 0.5) is 5.82 Å². The zero-order valence-electron chi connectivity index (χ0n) is 10.8. The van der Waals surface area contributed by atoms with Crippen LogP contribution in [-0.2, 0) is 7.05 Å². The van der Waals surface area contributed by atoms with Crippen LogP contribution in [0.3, 0.4) is 0 Å². The van der Waals surface area contributed by atoms with Gasteiger partial charge >= 0.3 is 0 Å². The van der Waals surface area contributed by atoms with E-state index < -0.39 is 0 Å². The summed E-state index contributed by atoms with van der Waals surface area (Å²) < 4.78 is 1.71. The molecular weight excluding hydrogens is 256 g/mol. The Labute approximate surface area is 115 Å². The molecule has 0 saturated heterocycles. The standard InChI is InChI=1S/C14H14N4S/c1-9-6-8-19-13(9)12-11(14(15)18(2)17-12)10-5-3-4-7-16-10/h3-8H,15H2,1-2H3. The number of hydrogen-bond acceptors (Lipinski definition) is 4. The Kier molecular flexibility index (Phi) is 2.83. The molecule has 0 amide bonds. The van der Waals surface area contributed by atoms with E-state index in [4.69, 9.17) is 5.73 Å². The van der Waals surface area contributed by atoms with Crippen molar-refractivity contribution in [2.45, 2.75) is 6.92 Å². The first-order valence-electron chi connectivity index (χ1n) is 5.97. The zero-order valence-corrected chi connectivity index (χ0v) is 11.6. The zero-order chi connectivity index (χ0) is 13.4. The number of anilines is 1. The second-order valence-corrected chi connectivity index (χ2v) is 5.30. The van der Waals surface area contributed by atoms with Crippen LogP contribution in [0.1, 0.15) is 5.56 Å². The SMILES string of the molecule is Cc1ccsc1-c1nn(C)c(N)c1-c1ccccn1. The minimum Gasteiger partial charge on any atom is -0.383 e. The van der Waals surface area contributed by atoms with Gasteiger partial charge in [-0.2, -0.15) is 5.10 Å².